The summed E-state index contributed by atoms with van der Waals surface area (Å²) in [5.74, 6) is 0.643. The zero-order valence-corrected chi connectivity index (χ0v) is 20.5. The summed E-state index contributed by atoms with van der Waals surface area (Å²) in [5.41, 5.74) is 2.33. The molecular formula is C24H30FN5O4S. The number of hydrogen-bond donors (Lipinski definition) is 0. The number of benzene rings is 2. The molecule has 11 heteroatoms. The van der Waals surface area contributed by atoms with E-state index in [2.05, 4.69) is 15.2 Å². The highest BCUT2D eigenvalue weighted by molar-refractivity contribution is 7.89. The number of alkyl halides is 1. The van der Waals surface area contributed by atoms with E-state index in [-0.39, 0.29) is 11.4 Å². The molecule has 1 saturated heterocycles. The molecule has 1 aliphatic rings. The third-order valence-corrected chi connectivity index (χ3v) is 7.53. The third-order valence-electron chi connectivity index (χ3n) is 5.71. The minimum atomic E-state index is -3.68. The molecule has 0 spiro atoms. The van der Waals surface area contributed by atoms with Gasteiger partial charge in [0, 0.05) is 33.1 Å². The molecule has 9 nitrogen and oxygen atoms in total. The van der Waals surface area contributed by atoms with Crippen LogP contribution in [0, 0.1) is 0 Å². The van der Waals surface area contributed by atoms with E-state index in [0.29, 0.717) is 24.5 Å². The molecule has 1 fully saturated rings. The van der Waals surface area contributed by atoms with E-state index in [0.717, 1.165) is 44.1 Å². The van der Waals surface area contributed by atoms with Crippen molar-refractivity contribution in [3.05, 3.63) is 66.0 Å². The van der Waals surface area contributed by atoms with Gasteiger partial charge in [0.15, 0.2) is 0 Å². The maximum Gasteiger partial charge on any atom is 0.243 e. The van der Waals surface area contributed by atoms with Crippen LogP contribution >= 0.6 is 0 Å². The first kappa shape index (κ1) is 25.2. The SMILES string of the molecule is CN(Cc1cn(-c2ccc(OCCCF)cc2)nn1)S(=O)(=O)c1ccc(CN2CCOCC2)cc1. The Morgan fingerprint density at radius 3 is 2.49 bits per heavy atom. The molecule has 0 unspecified atom stereocenters. The zero-order chi connectivity index (χ0) is 24.7. The van der Waals surface area contributed by atoms with Crippen molar-refractivity contribution in [2.75, 3.05) is 46.6 Å². The van der Waals surface area contributed by atoms with Crippen LogP contribution in [0.5, 0.6) is 5.75 Å². The van der Waals surface area contributed by atoms with Crippen molar-refractivity contribution in [2.24, 2.45) is 0 Å². The van der Waals surface area contributed by atoms with Gasteiger partial charge in [-0.15, -0.1) is 5.10 Å². The number of halogens is 1. The lowest BCUT2D eigenvalue weighted by atomic mass is 10.2. The summed E-state index contributed by atoms with van der Waals surface area (Å²) in [7, 11) is -2.15. The van der Waals surface area contributed by atoms with Crippen molar-refractivity contribution < 1.29 is 22.3 Å². The number of ether oxygens (including phenoxy) is 2. The maximum absolute atomic E-state index is 13.1. The van der Waals surface area contributed by atoms with Crippen molar-refractivity contribution >= 4 is 10.0 Å². The summed E-state index contributed by atoms with van der Waals surface area (Å²) in [5, 5.41) is 8.23. The third kappa shape index (κ3) is 6.63. The molecule has 4 rings (SSSR count). The normalized spacial score (nSPS) is 14.9. The van der Waals surface area contributed by atoms with Crippen molar-refractivity contribution in [3.8, 4) is 11.4 Å². The Morgan fingerprint density at radius 2 is 1.80 bits per heavy atom. The summed E-state index contributed by atoms with van der Waals surface area (Å²) in [6.45, 7) is 3.97. The smallest absolute Gasteiger partial charge is 0.243 e. The van der Waals surface area contributed by atoms with E-state index in [4.69, 9.17) is 9.47 Å². The van der Waals surface area contributed by atoms with Crippen LogP contribution in [0.4, 0.5) is 4.39 Å². The largest absolute Gasteiger partial charge is 0.493 e. The molecule has 0 radical (unpaired) electrons. The van der Waals surface area contributed by atoms with Gasteiger partial charge in [-0.2, -0.15) is 4.31 Å². The number of sulfonamides is 1. The van der Waals surface area contributed by atoms with Gasteiger partial charge in [-0.1, -0.05) is 17.3 Å². The van der Waals surface area contributed by atoms with Gasteiger partial charge in [-0.05, 0) is 42.0 Å². The molecule has 0 aliphatic carbocycles. The maximum atomic E-state index is 13.1. The summed E-state index contributed by atoms with van der Waals surface area (Å²) < 4.78 is 52.0. The summed E-state index contributed by atoms with van der Waals surface area (Å²) in [6.07, 6.45) is 2.04. The Bertz CT molecular complexity index is 1180. The van der Waals surface area contributed by atoms with Gasteiger partial charge in [0.2, 0.25) is 10.0 Å². The Labute approximate surface area is 205 Å². The second-order valence-corrected chi connectivity index (χ2v) is 10.4. The number of hydrogen-bond acceptors (Lipinski definition) is 7. The molecule has 1 aliphatic heterocycles. The molecule has 3 aromatic rings. The van der Waals surface area contributed by atoms with Crippen molar-refractivity contribution in [1.29, 1.82) is 0 Å². The fraction of sp³-hybridized carbons (Fsp3) is 0.417. The van der Waals surface area contributed by atoms with E-state index < -0.39 is 16.7 Å². The van der Waals surface area contributed by atoms with Gasteiger partial charge in [-0.25, -0.2) is 13.1 Å². The van der Waals surface area contributed by atoms with Gasteiger partial charge in [-0.3, -0.25) is 9.29 Å². The molecule has 35 heavy (non-hydrogen) atoms. The Kier molecular flexibility index (Phi) is 8.45. The number of morpholine rings is 1. The highest BCUT2D eigenvalue weighted by Crippen LogP contribution is 2.19. The van der Waals surface area contributed by atoms with Crippen molar-refractivity contribution in [3.63, 3.8) is 0 Å². The fourth-order valence-electron chi connectivity index (χ4n) is 3.71. The topological polar surface area (TPSA) is 89.8 Å². The highest BCUT2D eigenvalue weighted by Gasteiger charge is 2.22. The molecular weight excluding hydrogens is 473 g/mol. The van der Waals surface area contributed by atoms with Gasteiger partial charge in [0.1, 0.15) is 5.75 Å². The van der Waals surface area contributed by atoms with Gasteiger partial charge in [0.05, 0.1) is 55.5 Å². The van der Waals surface area contributed by atoms with E-state index in [1.165, 1.54) is 11.4 Å². The Hall–Kier alpha value is -2.86. The van der Waals surface area contributed by atoms with Crippen LogP contribution in [-0.2, 0) is 27.8 Å². The monoisotopic (exact) mass is 503 g/mol. The molecule has 0 bridgehead atoms. The van der Waals surface area contributed by atoms with Crippen LogP contribution in [0.25, 0.3) is 5.69 Å². The molecule has 0 saturated carbocycles. The standard InChI is InChI=1S/C24H30FN5O4S/c1-28(35(31,32)24-9-3-20(4-10-24)17-29-12-15-33-16-13-29)18-21-19-30(27-26-21)22-5-7-23(8-6-22)34-14-2-11-25/h3-10,19H,2,11-18H2,1H3. The average Bonchev–Trinajstić information content (AvgIpc) is 3.34. The van der Waals surface area contributed by atoms with Crippen LogP contribution in [0.3, 0.4) is 0 Å². The molecule has 1 aromatic heterocycles. The van der Waals surface area contributed by atoms with Gasteiger partial charge >= 0.3 is 0 Å². The number of nitrogens with zero attached hydrogens (tertiary/aromatic N) is 5. The van der Waals surface area contributed by atoms with Crippen molar-refractivity contribution in [2.45, 2.75) is 24.4 Å². The quantitative estimate of drug-likeness (QED) is 0.372. The summed E-state index contributed by atoms with van der Waals surface area (Å²) in [6, 6.07) is 14.2. The number of rotatable bonds is 11. The van der Waals surface area contributed by atoms with Crippen LogP contribution in [-0.4, -0.2) is 79.2 Å². The second-order valence-electron chi connectivity index (χ2n) is 8.33. The van der Waals surface area contributed by atoms with Crippen LogP contribution in [0.15, 0.2) is 59.6 Å². The number of aromatic nitrogens is 3. The van der Waals surface area contributed by atoms with Gasteiger partial charge in [0.25, 0.3) is 0 Å². The molecule has 0 amide bonds. The Balaban J connectivity index is 1.36. The lowest BCUT2D eigenvalue weighted by Gasteiger charge is -2.26. The zero-order valence-electron chi connectivity index (χ0n) is 19.7. The average molecular weight is 504 g/mol. The van der Waals surface area contributed by atoms with E-state index in [1.54, 1.807) is 35.1 Å². The first-order valence-electron chi connectivity index (χ1n) is 11.5. The van der Waals surface area contributed by atoms with E-state index in [1.807, 2.05) is 24.3 Å². The van der Waals surface area contributed by atoms with Crippen LogP contribution in [0.2, 0.25) is 0 Å². The minimum Gasteiger partial charge on any atom is -0.493 e. The van der Waals surface area contributed by atoms with Crippen molar-refractivity contribution in [1.82, 2.24) is 24.2 Å². The van der Waals surface area contributed by atoms with Gasteiger partial charge < -0.3 is 9.47 Å². The molecule has 0 N–H and O–H groups in total. The summed E-state index contributed by atoms with van der Waals surface area (Å²) in [4.78, 5) is 2.52. The van der Waals surface area contributed by atoms with E-state index >= 15 is 0 Å². The molecule has 2 heterocycles. The molecule has 188 valence electrons. The molecule has 2 aromatic carbocycles. The second kappa shape index (κ2) is 11.7. The highest BCUT2D eigenvalue weighted by atomic mass is 32.2. The lowest BCUT2D eigenvalue weighted by molar-refractivity contribution is 0.0342. The first-order valence-corrected chi connectivity index (χ1v) is 13.0. The molecule has 0 atom stereocenters. The minimum absolute atomic E-state index is 0.0856. The predicted octanol–water partition coefficient (Wildman–Crippen LogP) is 2.66. The van der Waals surface area contributed by atoms with Crippen LogP contribution < -0.4 is 4.74 Å². The Morgan fingerprint density at radius 1 is 1.09 bits per heavy atom. The fourth-order valence-corrected chi connectivity index (χ4v) is 4.86. The lowest BCUT2D eigenvalue weighted by Crippen LogP contribution is -2.35. The first-order chi connectivity index (χ1) is 17.0. The van der Waals surface area contributed by atoms with Crippen LogP contribution in [0.1, 0.15) is 17.7 Å². The predicted molar refractivity (Wildman–Crippen MR) is 129 cm³/mol. The summed E-state index contributed by atoms with van der Waals surface area (Å²) >= 11 is 0. The van der Waals surface area contributed by atoms with E-state index in [9.17, 15) is 12.8 Å².